The Hall–Kier alpha value is -4.84. The number of aliphatic hydroxyl groups excluding tert-OH is 1. The van der Waals surface area contributed by atoms with Crippen molar-refractivity contribution in [3.05, 3.63) is 129 Å². The predicted molar refractivity (Wildman–Crippen MR) is 206 cm³/mol. The van der Waals surface area contributed by atoms with Crippen LogP contribution in [0.2, 0.25) is 5.02 Å². The molecular weight excluding hydrogens is 718 g/mol. The maximum atomic E-state index is 13.9. The molecule has 1 aliphatic heterocycles. The lowest BCUT2D eigenvalue weighted by Crippen LogP contribution is -2.29. The third kappa shape index (κ3) is 8.61. The molecule has 0 spiro atoms. The Morgan fingerprint density at radius 2 is 1.71 bits per heavy atom. The molecule has 6 rings (SSSR count). The average Bonchev–Trinajstić information content (AvgIpc) is 3.71. The van der Waals surface area contributed by atoms with Crippen LogP contribution in [0.3, 0.4) is 0 Å². The summed E-state index contributed by atoms with van der Waals surface area (Å²) in [6.45, 7) is 7.13. The Morgan fingerprint density at radius 1 is 0.942 bits per heavy atom. The van der Waals surface area contributed by atoms with Crippen molar-refractivity contribution in [3.8, 4) is 17.2 Å². The van der Waals surface area contributed by atoms with E-state index in [0.29, 0.717) is 62.6 Å². The van der Waals surface area contributed by atoms with E-state index in [1.807, 2.05) is 49.4 Å². The van der Waals surface area contributed by atoms with Crippen LogP contribution in [-0.2, 0) is 21.9 Å². The zero-order valence-electron chi connectivity index (χ0n) is 29.2. The average molecular weight is 756 g/mol. The molecule has 12 heteroatoms. The van der Waals surface area contributed by atoms with Crippen molar-refractivity contribution in [1.82, 2.24) is 10.2 Å². The molecule has 52 heavy (non-hydrogen) atoms. The number of carbonyl (C=O) groups excluding carboxylic acids is 2. The van der Waals surface area contributed by atoms with E-state index in [4.69, 9.17) is 25.8 Å². The predicted octanol–water partition coefficient (Wildman–Crippen LogP) is 9.43. The lowest BCUT2D eigenvalue weighted by molar-refractivity contribution is -0.132. The number of aliphatic hydroxyl groups is 1. The number of methoxy groups -OCH3 is 1. The first kappa shape index (κ1) is 36.9. The number of anilines is 1. The number of carbonyl (C=O) groups is 2. The molecule has 0 radical (unpaired) electrons. The van der Waals surface area contributed by atoms with Crippen LogP contribution in [0.1, 0.15) is 54.1 Å². The summed E-state index contributed by atoms with van der Waals surface area (Å²) in [7, 11) is 1.53. The number of benzene rings is 4. The molecule has 0 bridgehead atoms. The summed E-state index contributed by atoms with van der Waals surface area (Å²) in [5, 5.41) is 21.3. The van der Waals surface area contributed by atoms with E-state index >= 15 is 0 Å². The molecule has 9 nitrogen and oxygen atoms in total. The minimum absolute atomic E-state index is 0.0838. The maximum Gasteiger partial charge on any atom is 0.301 e. The number of halogens is 1. The number of aryl methyl sites for hydroxylation is 1. The Morgan fingerprint density at radius 3 is 2.42 bits per heavy atom. The largest absolute Gasteiger partial charge is 0.507 e. The number of rotatable bonds is 14. The van der Waals surface area contributed by atoms with Crippen LogP contribution in [0, 0.1) is 12.8 Å². The van der Waals surface area contributed by atoms with Gasteiger partial charge in [-0.05, 0) is 84.5 Å². The van der Waals surface area contributed by atoms with Gasteiger partial charge in [0.1, 0.15) is 18.1 Å². The van der Waals surface area contributed by atoms with Crippen molar-refractivity contribution in [2.75, 3.05) is 18.6 Å². The standard InChI is InChI=1S/C40H38ClN3O6S2/c1-24(2)18-19-49-32-17-12-29(21-33(32)48-4)35-34(36(45)28-10-15-31(16-11-28)50-22-27-7-5-6-25(3)20-27)37(46)38(47)44(35)39-42-43-40(52-39)51-23-26-8-13-30(41)14-9-26/h5-17,20-21,24,35,45H,18-19,22-23H2,1-4H3/b36-34+. The number of aromatic nitrogens is 2. The summed E-state index contributed by atoms with van der Waals surface area (Å²) in [6, 6.07) is 26.5. The molecule has 1 unspecified atom stereocenters. The molecule has 1 aliphatic rings. The van der Waals surface area contributed by atoms with E-state index in [9.17, 15) is 14.7 Å². The van der Waals surface area contributed by atoms with Crippen LogP contribution >= 0.6 is 34.7 Å². The number of ether oxygens (including phenoxy) is 3. The van der Waals surface area contributed by atoms with Gasteiger partial charge in [-0.1, -0.05) is 96.6 Å². The molecule has 5 aromatic rings. The van der Waals surface area contributed by atoms with E-state index in [1.54, 1.807) is 42.5 Å². The van der Waals surface area contributed by atoms with E-state index in [0.717, 1.165) is 23.1 Å². The van der Waals surface area contributed by atoms with Crippen molar-refractivity contribution in [2.45, 2.75) is 49.9 Å². The quantitative estimate of drug-likeness (QED) is 0.0390. The lowest BCUT2D eigenvalue weighted by Gasteiger charge is -2.23. The highest BCUT2D eigenvalue weighted by Crippen LogP contribution is 2.46. The smallest absolute Gasteiger partial charge is 0.301 e. The third-order valence-corrected chi connectivity index (χ3v) is 10.8. The third-order valence-electron chi connectivity index (χ3n) is 8.39. The number of nitrogens with zero attached hydrogens (tertiary/aromatic N) is 3. The van der Waals surface area contributed by atoms with Gasteiger partial charge in [-0.3, -0.25) is 14.5 Å². The summed E-state index contributed by atoms with van der Waals surface area (Å²) >= 11 is 8.68. The number of Topliss-reactive ketones (excluding diaryl/α,β-unsaturated/α-hetero) is 1. The van der Waals surface area contributed by atoms with E-state index in [2.05, 4.69) is 30.1 Å². The second-order valence-electron chi connectivity index (χ2n) is 12.7. The summed E-state index contributed by atoms with van der Waals surface area (Å²) in [4.78, 5) is 29.0. The van der Waals surface area contributed by atoms with Gasteiger partial charge in [-0.25, -0.2) is 0 Å². The topological polar surface area (TPSA) is 111 Å². The maximum absolute atomic E-state index is 13.9. The molecule has 1 fully saturated rings. The van der Waals surface area contributed by atoms with Gasteiger partial charge in [0.05, 0.1) is 25.3 Å². The number of amides is 1. The number of ketones is 1. The van der Waals surface area contributed by atoms with Gasteiger partial charge in [0.15, 0.2) is 15.8 Å². The molecule has 0 saturated carbocycles. The molecule has 268 valence electrons. The van der Waals surface area contributed by atoms with Crippen LogP contribution in [0.15, 0.2) is 101 Å². The van der Waals surface area contributed by atoms with Crippen LogP contribution in [-0.4, -0.2) is 40.7 Å². The number of thioether (sulfide) groups is 1. The SMILES string of the molecule is COc1cc(C2/C(=C(\O)c3ccc(OCc4cccc(C)c4)cc3)C(=O)C(=O)N2c2nnc(SCc3ccc(Cl)cc3)s2)ccc1OCCC(C)C. The van der Waals surface area contributed by atoms with Gasteiger partial charge in [-0.2, -0.15) is 0 Å². The van der Waals surface area contributed by atoms with Gasteiger partial charge in [-0.15, -0.1) is 10.2 Å². The molecule has 1 atom stereocenters. The van der Waals surface area contributed by atoms with E-state index in [-0.39, 0.29) is 16.5 Å². The zero-order valence-corrected chi connectivity index (χ0v) is 31.6. The Balaban J connectivity index is 1.33. The highest BCUT2D eigenvalue weighted by molar-refractivity contribution is 8.00. The van der Waals surface area contributed by atoms with Crippen molar-refractivity contribution in [3.63, 3.8) is 0 Å². The first-order valence-electron chi connectivity index (χ1n) is 16.7. The van der Waals surface area contributed by atoms with Gasteiger partial charge in [0.2, 0.25) is 5.13 Å². The minimum Gasteiger partial charge on any atom is -0.507 e. The highest BCUT2D eigenvalue weighted by atomic mass is 35.5. The second kappa shape index (κ2) is 16.7. The Labute approximate surface area is 316 Å². The first-order chi connectivity index (χ1) is 25.1. The van der Waals surface area contributed by atoms with Crippen molar-refractivity contribution in [2.24, 2.45) is 5.92 Å². The fraction of sp³-hybridized carbons (Fsp3) is 0.250. The normalized spacial score (nSPS) is 15.3. The second-order valence-corrected chi connectivity index (χ2v) is 15.3. The van der Waals surface area contributed by atoms with Crippen LogP contribution in [0.25, 0.3) is 5.76 Å². The van der Waals surface area contributed by atoms with Gasteiger partial charge in [0, 0.05) is 16.3 Å². The van der Waals surface area contributed by atoms with Gasteiger partial charge >= 0.3 is 5.91 Å². The Kier molecular flexibility index (Phi) is 11.8. The lowest BCUT2D eigenvalue weighted by atomic mass is 9.95. The zero-order chi connectivity index (χ0) is 36.8. The fourth-order valence-electron chi connectivity index (χ4n) is 5.64. The molecule has 1 saturated heterocycles. The first-order valence-corrected chi connectivity index (χ1v) is 18.9. The monoisotopic (exact) mass is 755 g/mol. The number of hydrogen-bond acceptors (Lipinski definition) is 10. The summed E-state index contributed by atoms with van der Waals surface area (Å²) in [6.07, 6.45) is 0.857. The van der Waals surface area contributed by atoms with Crippen molar-refractivity contribution >= 4 is 57.3 Å². The summed E-state index contributed by atoms with van der Waals surface area (Å²) in [5.41, 5.74) is 4.00. The van der Waals surface area contributed by atoms with Crippen LogP contribution < -0.4 is 19.1 Å². The molecular formula is C40H38ClN3O6S2. The molecule has 0 aliphatic carbocycles. The fourth-order valence-corrected chi connectivity index (χ4v) is 7.59. The molecule has 2 heterocycles. The van der Waals surface area contributed by atoms with Crippen molar-refractivity contribution in [1.29, 1.82) is 0 Å². The summed E-state index contributed by atoms with van der Waals surface area (Å²) in [5.74, 6) is 0.615. The molecule has 4 aromatic carbocycles. The van der Waals surface area contributed by atoms with E-state index in [1.165, 1.54) is 35.1 Å². The molecule has 1 aromatic heterocycles. The Bertz CT molecular complexity index is 2080. The van der Waals surface area contributed by atoms with Gasteiger partial charge < -0.3 is 19.3 Å². The van der Waals surface area contributed by atoms with Crippen LogP contribution in [0.5, 0.6) is 17.2 Å². The van der Waals surface area contributed by atoms with E-state index < -0.39 is 17.7 Å². The highest BCUT2D eigenvalue weighted by Gasteiger charge is 2.48. The summed E-state index contributed by atoms with van der Waals surface area (Å²) < 4.78 is 18.3. The van der Waals surface area contributed by atoms with Crippen molar-refractivity contribution < 1.29 is 28.9 Å². The number of hydrogen-bond donors (Lipinski definition) is 1. The molecule has 1 N–H and O–H groups in total. The van der Waals surface area contributed by atoms with Gasteiger partial charge in [0.25, 0.3) is 5.78 Å². The van der Waals surface area contributed by atoms with Crippen LogP contribution in [0.4, 0.5) is 5.13 Å². The molecule has 1 amide bonds. The minimum atomic E-state index is -1.03.